The molecule has 0 aliphatic heterocycles. The van der Waals surface area contributed by atoms with E-state index in [1.165, 1.54) is 0 Å². The van der Waals surface area contributed by atoms with Crippen LogP contribution in [0.2, 0.25) is 0 Å². The van der Waals surface area contributed by atoms with Crippen molar-refractivity contribution < 1.29 is 0 Å². The first kappa shape index (κ1) is 13.6. The van der Waals surface area contributed by atoms with Gasteiger partial charge in [-0.25, -0.2) is 4.98 Å². The summed E-state index contributed by atoms with van der Waals surface area (Å²) in [4.78, 5) is 4.83. The molecular weight excluding hydrogens is 258 g/mol. The lowest BCUT2D eigenvalue weighted by atomic mass is 10.2. The summed E-state index contributed by atoms with van der Waals surface area (Å²) in [7, 11) is 0. The summed E-state index contributed by atoms with van der Waals surface area (Å²) in [6, 6.07) is 20.6. The van der Waals surface area contributed by atoms with Gasteiger partial charge in [0, 0.05) is 23.9 Å². The topological polar surface area (TPSA) is 43.8 Å². The Morgan fingerprint density at radius 1 is 0.857 bits per heavy atom. The Hall–Kier alpha value is -2.39. The van der Waals surface area contributed by atoms with E-state index in [-0.39, 0.29) is 0 Å². The van der Waals surface area contributed by atoms with Gasteiger partial charge in [-0.1, -0.05) is 60.7 Å². The molecule has 0 atom stereocenters. The van der Waals surface area contributed by atoms with Gasteiger partial charge >= 0.3 is 0 Å². The highest BCUT2D eigenvalue weighted by Gasteiger charge is 2.10. The fourth-order valence-electron chi connectivity index (χ4n) is 2.41. The van der Waals surface area contributed by atoms with Crippen molar-refractivity contribution in [3.8, 4) is 22.6 Å². The molecule has 0 saturated heterocycles. The van der Waals surface area contributed by atoms with E-state index >= 15 is 0 Å². The van der Waals surface area contributed by atoms with Crippen molar-refractivity contribution in [3.63, 3.8) is 0 Å². The lowest BCUT2D eigenvalue weighted by Gasteiger charge is -2.06. The summed E-state index contributed by atoms with van der Waals surface area (Å²) < 4.78 is 2.20. The number of aromatic nitrogens is 2. The standard InChI is InChI=1S/C18H19N3/c19-12-7-13-21-14-17(15-8-3-1-4-9-15)20-18(21)16-10-5-2-6-11-16/h1-6,8-11,14H,7,12-13,19H2. The van der Waals surface area contributed by atoms with Crippen molar-refractivity contribution in [2.24, 2.45) is 5.73 Å². The first-order valence-corrected chi connectivity index (χ1v) is 7.26. The van der Waals surface area contributed by atoms with Crippen molar-refractivity contribution in [1.29, 1.82) is 0 Å². The highest BCUT2D eigenvalue weighted by atomic mass is 15.1. The molecule has 3 heteroatoms. The van der Waals surface area contributed by atoms with Crippen molar-refractivity contribution >= 4 is 0 Å². The van der Waals surface area contributed by atoms with Gasteiger partial charge in [0.25, 0.3) is 0 Å². The molecule has 0 bridgehead atoms. The second-order valence-electron chi connectivity index (χ2n) is 5.02. The SMILES string of the molecule is NCCCn1cc(-c2ccccc2)nc1-c1ccccc1. The van der Waals surface area contributed by atoms with Crippen LogP contribution in [0.25, 0.3) is 22.6 Å². The zero-order valence-electron chi connectivity index (χ0n) is 11.9. The van der Waals surface area contributed by atoms with Gasteiger partial charge < -0.3 is 10.3 Å². The average molecular weight is 277 g/mol. The van der Waals surface area contributed by atoms with Crippen molar-refractivity contribution in [2.75, 3.05) is 6.54 Å². The van der Waals surface area contributed by atoms with Crippen LogP contribution in [0.3, 0.4) is 0 Å². The molecule has 1 heterocycles. The number of hydrogen-bond donors (Lipinski definition) is 1. The molecule has 0 aliphatic carbocycles. The molecule has 0 radical (unpaired) electrons. The third kappa shape index (κ3) is 3.03. The van der Waals surface area contributed by atoms with Crippen molar-refractivity contribution in [2.45, 2.75) is 13.0 Å². The second-order valence-corrected chi connectivity index (χ2v) is 5.02. The summed E-state index contributed by atoms with van der Waals surface area (Å²) in [5, 5.41) is 0. The Morgan fingerprint density at radius 2 is 1.48 bits per heavy atom. The average Bonchev–Trinajstić information content (AvgIpc) is 2.99. The molecule has 3 nitrogen and oxygen atoms in total. The van der Waals surface area contributed by atoms with E-state index in [2.05, 4.69) is 35.0 Å². The van der Waals surface area contributed by atoms with Gasteiger partial charge in [-0.2, -0.15) is 0 Å². The zero-order valence-corrected chi connectivity index (χ0v) is 11.9. The minimum Gasteiger partial charge on any atom is -0.330 e. The number of benzene rings is 2. The van der Waals surface area contributed by atoms with Crippen LogP contribution >= 0.6 is 0 Å². The van der Waals surface area contributed by atoms with E-state index in [0.29, 0.717) is 6.54 Å². The van der Waals surface area contributed by atoms with E-state index in [9.17, 15) is 0 Å². The molecule has 106 valence electrons. The summed E-state index contributed by atoms with van der Waals surface area (Å²) in [5.74, 6) is 1.00. The molecule has 0 spiro atoms. The number of nitrogens with zero attached hydrogens (tertiary/aromatic N) is 2. The largest absolute Gasteiger partial charge is 0.330 e. The maximum atomic E-state index is 5.65. The third-order valence-electron chi connectivity index (χ3n) is 3.48. The molecule has 3 aromatic rings. The van der Waals surface area contributed by atoms with E-state index in [1.54, 1.807) is 0 Å². The monoisotopic (exact) mass is 277 g/mol. The number of rotatable bonds is 5. The Morgan fingerprint density at radius 3 is 2.10 bits per heavy atom. The Kier molecular flexibility index (Phi) is 4.12. The molecule has 0 amide bonds. The fraction of sp³-hybridized carbons (Fsp3) is 0.167. The van der Waals surface area contributed by atoms with Gasteiger partial charge in [0.2, 0.25) is 0 Å². The van der Waals surface area contributed by atoms with Crippen molar-refractivity contribution in [3.05, 3.63) is 66.9 Å². The zero-order chi connectivity index (χ0) is 14.5. The third-order valence-corrected chi connectivity index (χ3v) is 3.48. The van der Waals surface area contributed by atoms with Gasteiger partial charge in [-0.3, -0.25) is 0 Å². The smallest absolute Gasteiger partial charge is 0.140 e. The summed E-state index contributed by atoms with van der Waals surface area (Å²) >= 11 is 0. The minimum atomic E-state index is 0.688. The summed E-state index contributed by atoms with van der Waals surface area (Å²) in [6.45, 7) is 1.58. The molecule has 0 saturated carbocycles. The van der Waals surface area contributed by atoms with Crippen LogP contribution in [0, 0.1) is 0 Å². The highest BCUT2D eigenvalue weighted by molar-refractivity contribution is 5.64. The second kappa shape index (κ2) is 6.37. The van der Waals surface area contributed by atoms with Gasteiger partial charge in [-0.15, -0.1) is 0 Å². The van der Waals surface area contributed by atoms with Crippen LogP contribution in [0.1, 0.15) is 6.42 Å². The molecule has 0 unspecified atom stereocenters. The van der Waals surface area contributed by atoms with Crippen LogP contribution in [0.5, 0.6) is 0 Å². The van der Waals surface area contributed by atoms with Crippen LogP contribution in [0.15, 0.2) is 66.9 Å². The molecule has 21 heavy (non-hydrogen) atoms. The molecule has 1 aromatic heterocycles. The van der Waals surface area contributed by atoms with Gasteiger partial charge in [-0.05, 0) is 13.0 Å². The molecule has 2 N–H and O–H groups in total. The Balaban J connectivity index is 2.03. The maximum absolute atomic E-state index is 5.65. The van der Waals surface area contributed by atoms with Gasteiger partial charge in [0.1, 0.15) is 5.82 Å². The molecular formula is C18H19N3. The normalized spacial score (nSPS) is 10.7. The number of nitrogens with two attached hydrogens (primary N) is 1. The molecule has 3 rings (SSSR count). The van der Waals surface area contributed by atoms with Crippen LogP contribution in [0.4, 0.5) is 0 Å². The Labute approximate surface area is 125 Å². The van der Waals surface area contributed by atoms with Crippen molar-refractivity contribution in [1.82, 2.24) is 9.55 Å². The van der Waals surface area contributed by atoms with E-state index < -0.39 is 0 Å². The van der Waals surface area contributed by atoms with Gasteiger partial charge in [0.05, 0.1) is 5.69 Å². The van der Waals surface area contributed by atoms with Crippen LogP contribution in [-0.2, 0) is 6.54 Å². The van der Waals surface area contributed by atoms with Crippen LogP contribution in [-0.4, -0.2) is 16.1 Å². The number of aryl methyl sites for hydroxylation is 1. The van der Waals surface area contributed by atoms with Crippen LogP contribution < -0.4 is 5.73 Å². The first-order chi connectivity index (χ1) is 10.4. The highest BCUT2D eigenvalue weighted by Crippen LogP contribution is 2.24. The lowest BCUT2D eigenvalue weighted by Crippen LogP contribution is -2.06. The maximum Gasteiger partial charge on any atom is 0.140 e. The van der Waals surface area contributed by atoms with E-state index in [0.717, 1.165) is 35.6 Å². The summed E-state index contributed by atoms with van der Waals surface area (Å²) in [5.41, 5.74) is 8.93. The molecule has 2 aromatic carbocycles. The van der Waals surface area contributed by atoms with Gasteiger partial charge in [0.15, 0.2) is 0 Å². The lowest BCUT2D eigenvalue weighted by molar-refractivity contribution is 0.656. The first-order valence-electron chi connectivity index (χ1n) is 7.26. The molecule has 0 fully saturated rings. The Bertz CT molecular complexity index is 687. The quantitative estimate of drug-likeness (QED) is 0.775. The minimum absolute atomic E-state index is 0.688. The predicted octanol–water partition coefficient (Wildman–Crippen LogP) is 3.57. The van der Waals surface area contributed by atoms with E-state index in [1.807, 2.05) is 36.4 Å². The predicted molar refractivity (Wildman–Crippen MR) is 86.8 cm³/mol. The fourth-order valence-corrected chi connectivity index (χ4v) is 2.41. The number of hydrogen-bond acceptors (Lipinski definition) is 2. The molecule has 0 aliphatic rings. The summed E-state index contributed by atoms with van der Waals surface area (Å²) in [6.07, 6.45) is 3.07. The number of imidazole rings is 1. The van der Waals surface area contributed by atoms with E-state index in [4.69, 9.17) is 10.7 Å².